The minimum atomic E-state index is -4.03. The molecule has 0 amide bonds. The van der Waals surface area contributed by atoms with Crippen LogP contribution in [0, 0.1) is 0 Å². The van der Waals surface area contributed by atoms with E-state index < -0.39 is 16.0 Å². The standard InChI is InChI=1S/C11H7Cl2NO4S2/c12-6-1-2-8(7(13)5-6)14-20(17,18)9-3-4-19-10(9)11(15)16/h1-5,14H,(H,15,16). The molecular formula is C11H7Cl2NO4S2. The van der Waals surface area contributed by atoms with Crippen molar-refractivity contribution in [2.45, 2.75) is 4.90 Å². The number of nitrogens with one attached hydrogen (secondary N) is 1. The first-order valence-electron chi connectivity index (χ1n) is 5.10. The van der Waals surface area contributed by atoms with Gasteiger partial charge in [-0.15, -0.1) is 11.3 Å². The number of aromatic carboxylic acids is 1. The van der Waals surface area contributed by atoms with E-state index in [1.807, 2.05) is 0 Å². The molecule has 0 atom stereocenters. The van der Waals surface area contributed by atoms with Gasteiger partial charge in [0, 0.05) is 5.02 Å². The summed E-state index contributed by atoms with van der Waals surface area (Å²) in [5.41, 5.74) is 0.124. The lowest BCUT2D eigenvalue weighted by Crippen LogP contribution is -2.15. The highest BCUT2D eigenvalue weighted by atomic mass is 35.5. The van der Waals surface area contributed by atoms with Gasteiger partial charge in [-0.05, 0) is 29.6 Å². The highest BCUT2D eigenvalue weighted by Gasteiger charge is 2.24. The van der Waals surface area contributed by atoms with E-state index in [-0.39, 0.29) is 20.5 Å². The minimum Gasteiger partial charge on any atom is -0.477 e. The number of hydrogen-bond donors (Lipinski definition) is 2. The molecule has 0 aliphatic carbocycles. The van der Waals surface area contributed by atoms with Gasteiger partial charge in [-0.25, -0.2) is 13.2 Å². The predicted molar refractivity (Wildman–Crippen MR) is 78.5 cm³/mol. The normalized spacial score (nSPS) is 11.3. The van der Waals surface area contributed by atoms with Crippen LogP contribution in [0.3, 0.4) is 0 Å². The predicted octanol–water partition coefficient (Wildman–Crippen LogP) is 3.55. The molecule has 0 saturated heterocycles. The summed E-state index contributed by atoms with van der Waals surface area (Å²) in [6.07, 6.45) is 0. The van der Waals surface area contributed by atoms with Gasteiger partial charge in [-0.3, -0.25) is 4.72 Å². The Hall–Kier alpha value is -1.28. The fraction of sp³-hybridized carbons (Fsp3) is 0. The van der Waals surface area contributed by atoms with Crippen molar-refractivity contribution in [2.75, 3.05) is 4.72 Å². The van der Waals surface area contributed by atoms with Gasteiger partial charge in [0.1, 0.15) is 9.77 Å². The van der Waals surface area contributed by atoms with E-state index in [0.717, 1.165) is 11.3 Å². The number of hydrogen-bond acceptors (Lipinski definition) is 4. The molecule has 0 fully saturated rings. The van der Waals surface area contributed by atoms with E-state index in [4.69, 9.17) is 28.3 Å². The highest BCUT2D eigenvalue weighted by Crippen LogP contribution is 2.29. The third-order valence-corrected chi connectivity index (χ3v) is 5.28. The Bertz CT molecular complexity index is 770. The summed E-state index contributed by atoms with van der Waals surface area (Å²) in [5, 5.41) is 10.8. The van der Waals surface area contributed by atoms with Gasteiger partial charge in [0.05, 0.1) is 10.7 Å². The number of carboxylic acid groups (broad SMARTS) is 1. The molecule has 1 heterocycles. The Balaban J connectivity index is 2.41. The number of carbonyl (C=O) groups is 1. The van der Waals surface area contributed by atoms with Crippen LogP contribution in [-0.4, -0.2) is 19.5 Å². The molecule has 1 aromatic carbocycles. The first kappa shape index (κ1) is 15.1. The summed E-state index contributed by atoms with van der Waals surface area (Å²) in [7, 11) is -4.03. The Morgan fingerprint density at radius 2 is 1.95 bits per heavy atom. The van der Waals surface area contributed by atoms with E-state index in [9.17, 15) is 13.2 Å². The van der Waals surface area contributed by atoms with E-state index >= 15 is 0 Å². The van der Waals surface area contributed by atoms with E-state index in [1.54, 1.807) is 0 Å². The molecule has 0 radical (unpaired) electrons. The van der Waals surface area contributed by atoms with Crippen LogP contribution in [-0.2, 0) is 10.0 Å². The monoisotopic (exact) mass is 351 g/mol. The average molecular weight is 352 g/mol. The highest BCUT2D eigenvalue weighted by molar-refractivity contribution is 7.93. The van der Waals surface area contributed by atoms with Crippen LogP contribution >= 0.6 is 34.5 Å². The van der Waals surface area contributed by atoms with Gasteiger partial charge in [-0.2, -0.15) is 0 Å². The van der Waals surface area contributed by atoms with Crippen molar-refractivity contribution in [1.29, 1.82) is 0 Å². The lowest BCUT2D eigenvalue weighted by Gasteiger charge is -2.09. The number of thiophene rings is 1. The number of halogens is 2. The Labute approximate surface area is 128 Å². The molecule has 0 aliphatic heterocycles. The smallest absolute Gasteiger partial charge is 0.347 e. The molecule has 0 unspecified atom stereocenters. The fourth-order valence-electron chi connectivity index (χ4n) is 1.44. The van der Waals surface area contributed by atoms with Crippen LogP contribution in [0.25, 0.3) is 0 Å². The molecule has 0 saturated carbocycles. The van der Waals surface area contributed by atoms with Crippen LogP contribution in [0.15, 0.2) is 34.5 Å². The largest absolute Gasteiger partial charge is 0.477 e. The van der Waals surface area contributed by atoms with Crippen molar-refractivity contribution in [3.63, 3.8) is 0 Å². The minimum absolute atomic E-state index is 0.119. The third kappa shape index (κ3) is 3.06. The topological polar surface area (TPSA) is 83.5 Å². The Morgan fingerprint density at radius 1 is 1.25 bits per heavy atom. The zero-order valence-electron chi connectivity index (χ0n) is 9.63. The number of anilines is 1. The quantitative estimate of drug-likeness (QED) is 0.881. The molecule has 106 valence electrons. The Morgan fingerprint density at radius 3 is 2.55 bits per heavy atom. The van der Waals surface area contributed by atoms with E-state index in [2.05, 4.69) is 4.72 Å². The van der Waals surface area contributed by atoms with Crippen LogP contribution in [0.1, 0.15) is 9.67 Å². The van der Waals surface area contributed by atoms with E-state index in [1.165, 1.54) is 29.6 Å². The maximum atomic E-state index is 12.2. The molecular weight excluding hydrogens is 345 g/mol. The second kappa shape index (κ2) is 5.61. The van der Waals surface area contributed by atoms with Gasteiger partial charge in [-0.1, -0.05) is 23.2 Å². The van der Waals surface area contributed by atoms with Crippen molar-refractivity contribution in [2.24, 2.45) is 0 Å². The maximum absolute atomic E-state index is 12.2. The van der Waals surface area contributed by atoms with Gasteiger partial charge in [0.2, 0.25) is 0 Å². The molecule has 0 bridgehead atoms. The molecule has 2 aromatic rings. The molecule has 0 spiro atoms. The van der Waals surface area contributed by atoms with Crippen molar-refractivity contribution in [1.82, 2.24) is 0 Å². The van der Waals surface area contributed by atoms with Crippen LogP contribution in [0.5, 0.6) is 0 Å². The first-order valence-corrected chi connectivity index (χ1v) is 8.22. The zero-order valence-corrected chi connectivity index (χ0v) is 12.8. The summed E-state index contributed by atoms with van der Waals surface area (Å²) in [6.45, 7) is 0. The molecule has 0 aliphatic rings. The van der Waals surface area contributed by atoms with Gasteiger partial charge in [0.15, 0.2) is 0 Å². The number of rotatable bonds is 4. The third-order valence-electron chi connectivity index (χ3n) is 2.29. The molecule has 20 heavy (non-hydrogen) atoms. The second-order valence-electron chi connectivity index (χ2n) is 3.65. The maximum Gasteiger partial charge on any atom is 0.347 e. The summed E-state index contributed by atoms with van der Waals surface area (Å²) < 4.78 is 26.6. The molecule has 9 heteroatoms. The van der Waals surface area contributed by atoms with Crippen molar-refractivity contribution in [3.8, 4) is 0 Å². The molecule has 2 N–H and O–H groups in total. The van der Waals surface area contributed by atoms with Crippen molar-refractivity contribution in [3.05, 3.63) is 44.6 Å². The second-order valence-corrected chi connectivity index (χ2v) is 7.06. The molecule has 1 aromatic heterocycles. The van der Waals surface area contributed by atoms with Crippen molar-refractivity contribution >= 4 is 56.2 Å². The average Bonchev–Trinajstić information content (AvgIpc) is 2.82. The Kier molecular flexibility index (Phi) is 4.24. The lowest BCUT2D eigenvalue weighted by atomic mass is 10.3. The van der Waals surface area contributed by atoms with Gasteiger partial charge < -0.3 is 5.11 Å². The first-order chi connectivity index (χ1) is 9.31. The number of benzene rings is 1. The number of sulfonamides is 1. The molecule has 5 nitrogen and oxygen atoms in total. The van der Waals surface area contributed by atoms with Crippen LogP contribution in [0.2, 0.25) is 10.0 Å². The summed E-state index contributed by atoms with van der Waals surface area (Å²) >= 11 is 12.4. The fourth-order valence-corrected chi connectivity index (χ4v) is 4.29. The van der Waals surface area contributed by atoms with Crippen LogP contribution < -0.4 is 4.72 Å². The van der Waals surface area contributed by atoms with Crippen LogP contribution in [0.4, 0.5) is 5.69 Å². The SMILES string of the molecule is O=C(O)c1sccc1S(=O)(=O)Nc1ccc(Cl)cc1Cl. The van der Waals surface area contributed by atoms with Gasteiger partial charge in [0.25, 0.3) is 10.0 Å². The van der Waals surface area contributed by atoms with Gasteiger partial charge >= 0.3 is 5.97 Å². The van der Waals surface area contributed by atoms with E-state index in [0.29, 0.717) is 5.02 Å². The summed E-state index contributed by atoms with van der Waals surface area (Å²) in [6, 6.07) is 5.47. The lowest BCUT2D eigenvalue weighted by molar-refractivity contribution is 0.0698. The summed E-state index contributed by atoms with van der Waals surface area (Å²) in [4.78, 5) is 10.4. The summed E-state index contributed by atoms with van der Waals surface area (Å²) in [5.74, 6) is -1.30. The van der Waals surface area contributed by atoms with Crippen molar-refractivity contribution < 1.29 is 18.3 Å². The number of carboxylic acids is 1. The zero-order chi connectivity index (χ0) is 14.9. The molecule has 2 rings (SSSR count).